The van der Waals surface area contributed by atoms with E-state index in [2.05, 4.69) is 39.1 Å². The number of thioether (sulfide) groups is 1. The minimum atomic E-state index is 0.780. The molecule has 110 valence electrons. The van der Waals surface area contributed by atoms with E-state index >= 15 is 0 Å². The maximum absolute atomic E-state index is 4.35. The third kappa shape index (κ3) is 2.93. The Hall–Kier alpha value is -0.810. The molecule has 3 rings (SSSR count). The molecule has 5 heteroatoms. The summed E-state index contributed by atoms with van der Waals surface area (Å²) in [7, 11) is 0. The van der Waals surface area contributed by atoms with Crippen LogP contribution in [0.15, 0.2) is 17.2 Å². The van der Waals surface area contributed by atoms with E-state index < -0.39 is 0 Å². The molecule has 0 amide bonds. The Balaban J connectivity index is 1.57. The average Bonchev–Trinajstić information content (AvgIpc) is 2.94. The number of nitrogens with zero attached hydrogens (tertiary/aromatic N) is 4. The molecular weight excluding hydrogens is 268 g/mol. The molecule has 0 aromatic carbocycles. The smallest absolute Gasteiger partial charge is 0.151 e. The predicted octanol–water partition coefficient (Wildman–Crippen LogP) is 2.65. The number of anilines is 1. The highest BCUT2D eigenvalue weighted by Gasteiger charge is 2.30. The van der Waals surface area contributed by atoms with Gasteiger partial charge in [0.2, 0.25) is 0 Å². The first kappa shape index (κ1) is 14.1. The second-order valence-electron chi connectivity index (χ2n) is 5.88. The van der Waals surface area contributed by atoms with Gasteiger partial charge < -0.3 is 4.90 Å². The molecule has 1 aromatic heterocycles. The van der Waals surface area contributed by atoms with Crippen molar-refractivity contribution in [2.75, 3.05) is 30.8 Å². The number of rotatable bonds is 3. The van der Waals surface area contributed by atoms with Crippen LogP contribution in [0.2, 0.25) is 0 Å². The molecule has 0 N–H and O–H groups in total. The van der Waals surface area contributed by atoms with Crippen molar-refractivity contribution in [3.8, 4) is 0 Å². The molecule has 2 saturated heterocycles. The zero-order chi connectivity index (χ0) is 13.9. The lowest BCUT2D eigenvalue weighted by atomic mass is 10.0. The molecule has 1 unspecified atom stereocenters. The van der Waals surface area contributed by atoms with Crippen molar-refractivity contribution in [1.29, 1.82) is 0 Å². The van der Waals surface area contributed by atoms with Gasteiger partial charge in [-0.25, -0.2) is 0 Å². The van der Waals surface area contributed by atoms with E-state index in [0.29, 0.717) is 0 Å². The molecule has 1 atom stereocenters. The molecule has 3 heterocycles. The monoisotopic (exact) mass is 292 g/mol. The minimum absolute atomic E-state index is 0.780. The molecule has 20 heavy (non-hydrogen) atoms. The summed E-state index contributed by atoms with van der Waals surface area (Å²) in [4.78, 5) is 5.11. The van der Waals surface area contributed by atoms with E-state index in [-0.39, 0.29) is 0 Å². The van der Waals surface area contributed by atoms with E-state index in [0.717, 1.165) is 36.0 Å². The van der Waals surface area contributed by atoms with Crippen molar-refractivity contribution in [2.24, 2.45) is 0 Å². The predicted molar refractivity (Wildman–Crippen MR) is 84.5 cm³/mol. The van der Waals surface area contributed by atoms with Gasteiger partial charge in [-0.3, -0.25) is 4.90 Å². The molecule has 0 radical (unpaired) electrons. The van der Waals surface area contributed by atoms with E-state index in [1.165, 1.54) is 32.2 Å². The zero-order valence-electron chi connectivity index (χ0n) is 12.5. The van der Waals surface area contributed by atoms with Crippen molar-refractivity contribution in [2.45, 2.75) is 49.7 Å². The van der Waals surface area contributed by atoms with Gasteiger partial charge in [0.15, 0.2) is 5.82 Å². The summed E-state index contributed by atoms with van der Waals surface area (Å²) < 4.78 is 0. The molecular formula is C15H24N4S. The van der Waals surface area contributed by atoms with Gasteiger partial charge in [-0.2, -0.15) is 0 Å². The molecule has 0 spiro atoms. The van der Waals surface area contributed by atoms with Gasteiger partial charge in [-0.05, 0) is 57.5 Å². The highest BCUT2D eigenvalue weighted by atomic mass is 32.2. The third-order valence-electron chi connectivity index (χ3n) is 4.70. The lowest BCUT2D eigenvalue weighted by Gasteiger charge is -2.38. The average molecular weight is 292 g/mol. The van der Waals surface area contributed by atoms with Crippen LogP contribution >= 0.6 is 11.8 Å². The topological polar surface area (TPSA) is 32.3 Å². The highest BCUT2D eigenvalue weighted by molar-refractivity contribution is 7.98. The van der Waals surface area contributed by atoms with Gasteiger partial charge in [-0.1, -0.05) is 0 Å². The molecule has 0 saturated carbocycles. The Morgan fingerprint density at radius 3 is 2.45 bits per heavy atom. The van der Waals surface area contributed by atoms with Crippen molar-refractivity contribution in [3.05, 3.63) is 12.1 Å². The maximum Gasteiger partial charge on any atom is 0.151 e. The first-order valence-corrected chi connectivity index (χ1v) is 8.89. The molecule has 0 aliphatic carbocycles. The fourth-order valence-corrected chi connectivity index (χ4v) is 3.84. The number of piperidine rings is 1. The SMILES string of the molecule is CSc1ccc(N2CCC(N3CCCC3C)CC2)nn1. The van der Waals surface area contributed by atoms with Crippen LogP contribution in [0.4, 0.5) is 5.82 Å². The zero-order valence-corrected chi connectivity index (χ0v) is 13.3. The van der Waals surface area contributed by atoms with E-state index in [9.17, 15) is 0 Å². The molecule has 2 fully saturated rings. The van der Waals surface area contributed by atoms with Gasteiger partial charge in [0.05, 0.1) is 0 Å². The van der Waals surface area contributed by atoms with Crippen LogP contribution in [0.5, 0.6) is 0 Å². The second kappa shape index (κ2) is 6.31. The summed E-state index contributed by atoms with van der Waals surface area (Å²) in [6, 6.07) is 5.74. The van der Waals surface area contributed by atoms with Crippen LogP contribution in [0.25, 0.3) is 0 Å². The van der Waals surface area contributed by atoms with E-state index in [1.807, 2.05) is 6.26 Å². The largest absolute Gasteiger partial charge is 0.355 e. The Morgan fingerprint density at radius 1 is 1.10 bits per heavy atom. The normalized spacial score (nSPS) is 25.3. The van der Waals surface area contributed by atoms with Crippen LogP contribution in [-0.4, -0.2) is 53.1 Å². The molecule has 0 bridgehead atoms. The standard InChI is InChI=1S/C15H24N4S/c1-12-4-3-9-19(12)13-7-10-18(11-8-13)14-5-6-15(20-2)17-16-14/h5-6,12-13H,3-4,7-11H2,1-2H3. The third-order valence-corrected chi connectivity index (χ3v) is 5.33. The fraction of sp³-hybridized carbons (Fsp3) is 0.733. The van der Waals surface area contributed by atoms with Crippen LogP contribution in [0, 0.1) is 0 Å². The van der Waals surface area contributed by atoms with Crippen molar-refractivity contribution in [1.82, 2.24) is 15.1 Å². The van der Waals surface area contributed by atoms with Crippen LogP contribution in [0.3, 0.4) is 0 Å². The summed E-state index contributed by atoms with van der Waals surface area (Å²) in [5.74, 6) is 1.04. The fourth-order valence-electron chi connectivity index (χ4n) is 3.52. The summed E-state index contributed by atoms with van der Waals surface area (Å²) >= 11 is 1.64. The number of likely N-dealkylation sites (tertiary alicyclic amines) is 1. The number of hydrogen-bond donors (Lipinski definition) is 0. The Morgan fingerprint density at radius 2 is 1.90 bits per heavy atom. The Kier molecular flexibility index (Phi) is 4.46. The van der Waals surface area contributed by atoms with Crippen molar-refractivity contribution < 1.29 is 0 Å². The van der Waals surface area contributed by atoms with Crippen LogP contribution in [-0.2, 0) is 0 Å². The molecule has 2 aliphatic heterocycles. The number of aromatic nitrogens is 2. The number of hydrogen-bond acceptors (Lipinski definition) is 5. The minimum Gasteiger partial charge on any atom is -0.355 e. The summed E-state index contributed by atoms with van der Waals surface area (Å²) in [5, 5.41) is 9.59. The molecule has 4 nitrogen and oxygen atoms in total. The van der Waals surface area contributed by atoms with Gasteiger partial charge >= 0.3 is 0 Å². The maximum atomic E-state index is 4.35. The Bertz CT molecular complexity index is 428. The first-order valence-electron chi connectivity index (χ1n) is 7.66. The van der Waals surface area contributed by atoms with Crippen LogP contribution in [0.1, 0.15) is 32.6 Å². The molecule has 2 aliphatic rings. The van der Waals surface area contributed by atoms with Gasteiger partial charge in [0.1, 0.15) is 5.03 Å². The van der Waals surface area contributed by atoms with Gasteiger partial charge in [-0.15, -0.1) is 22.0 Å². The summed E-state index contributed by atoms with van der Waals surface area (Å²) in [6.45, 7) is 5.91. The lowest BCUT2D eigenvalue weighted by molar-refractivity contribution is 0.163. The van der Waals surface area contributed by atoms with Crippen molar-refractivity contribution >= 4 is 17.6 Å². The van der Waals surface area contributed by atoms with Crippen molar-refractivity contribution in [3.63, 3.8) is 0 Å². The van der Waals surface area contributed by atoms with Gasteiger partial charge in [0, 0.05) is 25.2 Å². The summed E-state index contributed by atoms with van der Waals surface area (Å²) in [5.41, 5.74) is 0. The van der Waals surface area contributed by atoms with E-state index in [4.69, 9.17) is 0 Å². The summed E-state index contributed by atoms with van der Waals surface area (Å²) in [6.07, 6.45) is 7.31. The quantitative estimate of drug-likeness (QED) is 0.800. The van der Waals surface area contributed by atoms with Gasteiger partial charge in [0.25, 0.3) is 0 Å². The second-order valence-corrected chi connectivity index (χ2v) is 6.71. The van der Waals surface area contributed by atoms with E-state index in [1.54, 1.807) is 11.8 Å². The van der Waals surface area contributed by atoms with Crippen LogP contribution < -0.4 is 4.90 Å². The first-order chi connectivity index (χ1) is 9.78. The Labute approximate surface area is 125 Å². The highest BCUT2D eigenvalue weighted by Crippen LogP contribution is 2.27. The molecule has 1 aromatic rings. The lowest BCUT2D eigenvalue weighted by Crippen LogP contribution is -2.46.